The molecule has 2 aromatic heterocycles. The molecule has 3 heterocycles. The quantitative estimate of drug-likeness (QED) is 0.901. The van der Waals surface area contributed by atoms with Gasteiger partial charge in [-0.2, -0.15) is 5.10 Å². The molecule has 0 bridgehead atoms. The molecule has 7 heteroatoms. The average Bonchev–Trinajstić information content (AvgIpc) is 3.22. The van der Waals surface area contributed by atoms with Crippen LogP contribution in [0.4, 0.5) is 5.88 Å². The van der Waals surface area contributed by atoms with Gasteiger partial charge in [-0.1, -0.05) is 25.9 Å². The molecule has 0 aromatic carbocycles. The molecule has 1 amide bonds. The number of nitrogens with zero attached hydrogens (tertiary/aromatic N) is 4. The Hall–Kier alpha value is -2.15. The van der Waals surface area contributed by atoms with Crippen molar-refractivity contribution in [2.24, 2.45) is 0 Å². The second-order valence-corrected chi connectivity index (χ2v) is 7.88. The van der Waals surface area contributed by atoms with Crippen molar-refractivity contribution >= 4 is 11.8 Å². The van der Waals surface area contributed by atoms with Gasteiger partial charge in [-0.3, -0.25) is 19.7 Å². The Morgan fingerprint density at radius 2 is 2.24 bits per heavy atom. The van der Waals surface area contributed by atoms with Gasteiger partial charge in [0, 0.05) is 23.7 Å². The van der Waals surface area contributed by atoms with Crippen LogP contribution in [-0.2, 0) is 16.8 Å². The van der Waals surface area contributed by atoms with E-state index in [2.05, 4.69) is 41.2 Å². The number of hydrogen-bond acceptors (Lipinski definition) is 5. The number of likely N-dealkylation sites (tertiary alicyclic amines) is 1. The highest BCUT2D eigenvalue weighted by atomic mass is 16.5. The summed E-state index contributed by atoms with van der Waals surface area (Å²) in [4.78, 5) is 14.6. The highest BCUT2D eigenvalue weighted by Gasteiger charge is 2.27. The molecule has 2 aromatic rings. The number of rotatable bonds is 5. The van der Waals surface area contributed by atoms with E-state index in [1.165, 1.54) is 0 Å². The Morgan fingerprint density at radius 3 is 2.88 bits per heavy atom. The summed E-state index contributed by atoms with van der Waals surface area (Å²) in [6.45, 7) is 10.3. The summed E-state index contributed by atoms with van der Waals surface area (Å²) in [5.74, 6) is 0.341. The number of aromatic nitrogens is 3. The van der Waals surface area contributed by atoms with Crippen LogP contribution in [-0.4, -0.2) is 44.9 Å². The lowest BCUT2D eigenvalue weighted by atomic mass is 9.92. The molecular formula is C18H27N5O2. The van der Waals surface area contributed by atoms with Crippen LogP contribution in [0, 0.1) is 6.92 Å². The molecule has 1 aliphatic rings. The third-order valence-electron chi connectivity index (χ3n) is 4.55. The third-order valence-corrected chi connectivity index (χ3v) is 4.55. The van der Waals surface area contributed by atoms with Crippen LogP contribution < -0.4 is 5.32 Å². The van der Waals surface area contributed by atoms with Crippen molar-refractivity contribution in [3.8, 4) is 0 Å². The Bertz CT molecular complexity index is 728. The Labute approximate surface area is 148 Å². The van der Waals surface area contributed by atoms with Crippen LogP contribution in [0.3, 0.4) is 0 Å². The van der Waals surface area contributed by atoms with Crippen molar-refractivity contribution in [1.82, 2.24) is 19.8 Å². The van der Waals surface area contributed by atoms with Gasteiger partial charge in [0.05, 0.1) is 25.0 Å². The maximum Gasteiger partial charge on any atom is 0.240 e. The zero-order valence-electron chi connectivity index (χ0n) is 15.5. The molecule has 0 aliphatic carbocycles. The number of nitrogens with one attached hydrogen (secondary N) is 1. The molecule has 1 N–H and O–H groups in total. The van der Waals surface area contributed by atoms with E-state index in [1.54, 1.807) is 6.07 Å². The maximum absolute atomic E-state index is 12.4. The molecule has 0 saturated carbocycles. The molecule has 0 spiro atoms. The van der Waals surface area contributed by atoms with E-state index in [1.807, 2.05) is 24.0 Å². The highest BCUT2D eigenvalue weighted by Crippen LogP contribution is 2.24. The fourth-order valence-electron chi connectivity index (χ4n) is 3.14. The molecule has 136 valence electrons. The molecule has 1 aliphatic heterocycles. The molecule has 3 rings (SSSR count). The smallest absolute Gasteiger partial charge is 0.240 e. The summed E-state index contributed by atoms with van der Waals surface area (Å²) in [7, 11) is 0. The lowest BCUT2D eigenvalue weighted by Crippen LogP contribution is -2.39. The largest absolute Gasteiger partial charge is 0.338 e. The van der Waals surface area contributed by atoms with Gasteiger partial charge in [0.25, 0.3) is 0 Å². The summed E-state index contributed by atoms with van der Waals surface area (Å²) in [6.07, 6.45) is 6.10. The van der Waals surface area contributed by atoms with Gasteiger partial charge < -0.3 is 4.52 Å². The van der Waals surface area contributed by atoms with Crippen molar-refractivity contribution in [2.45, 2.75) is 58.5 Å². The van der Waals surface area contributed by atoms with Gasteiger partial charge in [-0.15, -0.1) is 0 Å². The van der Waals surface area contributed by atoms with Gasteiger partial charge in [0.15, 0.2) is 0 Å². The average molecular weight is 345 g/mol. The lowest BCUT2D eigenvalue weighted by molar-refractivity contribution is -0.117. The Morgan fingerprint density at radius 1 is 1.44 bits per heavy atom. The molecular weight excluding hydrogens is 318 g/mol. The normalized spacial score (nSPS) is 18.6. The van der Waals surface area contributed by atoms with Gasteiger partial charge >= 0.3 is 0 Å². The number of carbonyl (C=O) groups is 1. The van der Waals surface area contributed by atoms with Crippen LogP contribution in [0.5, 0.6) is 0 Å². The summed E-state index contributed by atoms with van der Waals surface area (Å²) < 4.78 is 7.20. The number of hydrogen-bond donors (Lipinski definition) is 1. The standard InChI is InChI=1S/C18H27N5O2/c1-13-9-19-23(10-13)11-14-6-5-7-22(14)12-16(24)20-17-8-15(21-25-17)18(2,3)4/h8-10,14H,5-7,11-12H2,1-4H3,(H,20,24)/t14-/m0/s1. The number of carbonyl (C=O) groups excluding carboxylic acids is 1. The predicted molar refractivity (Wildman–Crippen MR) is 95.4 cm³/mol. The maximum atomic E-state index is 12.4. The van der Waals surface area contributed by atoms with E-state index in [0.717, 1.165) is 37.2 Å². The van der Waals surface area contributed by atoms with Crippen molar-refractivity contribution in [1.29, 1.82) is 0 Å². The summed E-state index contributed by atoms with van der Waals surface area (Å²) in [5, 5.41) is 11.2. The van der Waals surface area contributed by atoms with Crippen molar-refractivity contribution < 1.29 is 9.32 Å². The van der Waals surface area contributed by atoms with E-state index in [0.29, 0.717) is 18.5 Å². The molecule has 1 fully saturated rings. The van der Waals surface area contributed by atoms with Gasteiger partial charge in [0.1, 0.15) is 0 Å². The van der Waals surface area contributed by atoms with Gasteiger partial charge in [-0.25, -0.2) is 0 Å². The lowest BCUT2D eigenvalue weighted by Gasteiger charge is -2.23. The predicted octanol–water partition coefficient (Wildman–Crippen LogP) is 2.58. The van der Waals surface area contributed by atoms with E-state index in [4.69, 9.17) is 4.52 Å². The minimum Gasteiger partial charge on any atom is -0.338 e. The molecule has 1 atom stereocenters. The molecule has 1 saturated heterocycles. The van der Waals surface area contributed by atoms with Crippen LogP contribution in [0.25, 0.3) is 0 Å². The summed E-state index contributed by atoms with van der Waals surface area (Å²) >= 11 is 0. The van der Waals surface area contributed by atoms with E-state index < -0.39 is 0 Å². The summed E-state index contributed by atoms with van der Waals surface area (Å²) in [6, 6.07) is 2.14. The van der Waals surface area contributed by atoms with Crippen molar-refractivity contribution in [3.05, 3.63) is 29.7 Å². The van der Waals surface area contributed by atoms with E-state index in [-0.39, 0.29) is 11.3 Å². The zero-order chi connectivity index (χ0) is 18.0. The first-order chi connectivity index (χ1) is 11.8. The highest BCUT2D eigenvalue weighted by molar-refractivity contribution is 5.91. The van der Waals surface area contributed by atoms with E-state index in [9.17, 15) is 4.79 Å². The minimum absolute atomic E-state index is 0.0693. The van der Waals surface area contributed by atoms with Crippen LogP contribution in [0.1, 0.15) is 44.9 Å². The van der Waals surface area contributed by atoms with Crippen molar-refractivity contribution in [2.75, 3.05) is 18.4 Å². The monoisotopic (exact) mass is 345 g/mol. The number of anilines is 1. The zero-order valence-corrected chi connectivity index (χ0v) is 15.5. The number of aryl methyl sites for hydroxylation is 1. The Kier molecular flexibility index (Phi) is 4.94. The molecule has 25 heavy (non-hydrogen) atoms. The van der Waals surface area contributed by atoms with Crippen molar-refractivity contribution in [3.63, 3.8) is 0 Å². The topological polar surface area (TPSA) is 76.2 Å². The fourth-order valence-corrected chi connectivity index (χ4v) is 3.14. The first kappa shape index (κ1) is 17.7. The molecule has 0 unspecified atom stereocenters. The SMILES string of the molecule is Cc1cnn(C[C@@H]2CCCN2CC(=O)Nc2cc(C(C)(C)C)no2)c1. The fraction of sp³-hybridized carbons (Fsp3) is 0.611. The Balaban J connectivity index is 1.55. The number of amides is 1. The van der Waals surface area contributed by atoms with Gasteiger partial charge in [0.2, 0.25) is 11.8 Å². The second kappa shape index (κ2) is 7.00. The van der Waals surface area contributed by atoms with Crippen LogP contribution in [0.15, 0.2) is 23.0 Å². The third kappa shape index (κ3) is 4.48. The second-order valence-electron chi connectivity index (χ2n) is 7.88. The van der Waals surface area contributed by atoms with E-state index >= 15 is 0 Å². The summed E-state index contributed by atoms with van der Waals surface area (Å²) in [5.41, 5.74) is 1.88. The van der Waals surface area contributed by atoms with Crippen LogP contribution >= 0.6 is 0 Å². The van der Waals surface area contributed by atoms with Crippen LogP contribution in [0.2, 0.25) is 0 Å². The molecule has 7 nitrogen and oxygen atoms in total. The first-order valence-electron chi connectivity index (χ1n) is 8.81. The van der Waals surface area contributed by atoms with Gasteiger partial charge in [-0.05, 0) is 31.9 Å². The molecule has 0 radical (unpaired) electrons. The minimum atomic E-state index is -0.103. The first-order valence-corrected chi connectivity index (χ1v) is 8.81.